The van der Waals surface area contributed by atoms with E-state index in [4.69, 9.17) is 4.74 Å². The molecular weight excluding hydrogens is 358 g/mol. The molecule has 22 heavy (non-hydrogen) atoms. The summed E-state index contributed by atoms with van der Waals surface area (Å²) in [5.41, 5.74) is 2.15. The first-order valence-electron chi connectivity index (χ1n) is 7.57. The van der Waals surface area contributed by atoms with Crippen LogP contribution in [0.15, 0.2) is 22.7 Å². The quantitative estimate of drug-likeness (QED) is 0.617. The summed E-state index contributed by atoms with van der Waals surface area (Å²) < 4.78 is 9.03. The second kappa shape index (κ2) is 8.81. The van der Waals surface area contributed by atoms with Gasteiger partial charge in [-0.05, 0) is 45.3 Å². The van der Waals surface area contributed by atoms with Gasteiger partial charge in [0.25, 0.3) is 0 Å². The summed E-state index contributed by atoms with van der Waals surface area (Å²) in [5, 5.41) is 2.75. The van der Waals surface area contributed by atoms with Crippen molar-refractivity contribution in [3.63, 3.8) is 0 Å². The molecular formula is C16H28BrN3OSi. The Morgan fingerprint density at radius 3 is 2.50 bits per heavy atom. The van der Waals surface area contributed by atoms with E-state index in [9.17, 15) is 0 Å². The molecule has 0 bridgehead atoms. The minimum Gasteiger partial charge on any atom is -0.361 e. The highest BCUT2D eigenvalue weighted by Crippen LogP contribution is 2.21. The van der Waals surface area contributed by atoms with E-state index in [1.807, 2.05) is 33.2 Å². The van der Waals surface area contributed by atoms with Gasteiger partial charge in [0.2, 0.25) is 0 Å². The van der Waals surface area contributed by atoms with E-state index in [0.717, 1.165) is 27.9 Å². The van der Waals surface area contributed by atoms with E-state index in [0.29, 0.717) is 6.73 Å². The molecule has 0 aliphatic carbocycles. The van der Waals surface area contributed by atoms with Crippen molar-refractivity contribution in [1.82, 2.24) is 14.9 Å². The monoisotopic (exact) mass is 385 g/mol. The molecule has 0 saturated carbocycles. The fraction of sp³-hybridized carbons (Fsp3) is 0.562. The number of ether oxygens (including phenoxy) is 1. The predicted molar refractivity (Wildman–Crippen MR) is 101 cm³/mol. The van der Waals surface area contributed by atoms with Crippen LogP contribution in [0.2, 0.25) is 25.7 Å². The number of aryl methyl sites for hydroxylation is 1. The first-order valence-corrected chi connectivity index (χ1v) is 12.1. The van der Waals surface area contributed by atoms with Crippen molar-refractivity contribution >= 4 is 35.0 Å². The number of rotatable bonds is 5. The van der Waals surface area contributed by atoms with Crippen LogP contribution < -0.4 is 5.32 Å². The van der Waals surface area contributed by atoms with Gasteiger partial charge in [-0.15, -0.1) is 0 Å². The maximum atomic E-state index is 5.83. The summed E-state index contributed by atoms with van der Waals surface area (Å²) in [6.07, 6.45) is 0. The zero-order valence-corrected chi connectivity index (χ0v) is 17.1. The first kappa shape index (κ1) is 19.4. The molecule has 0 atom stereocenters. The van der Waals surface area contributed by atoms with E-state index >= 15 is 0 Å². The molecule has 0 saturated heterocycles. The molecule has 1 heterocycles. The molecule has 1 aromatic heterocycles. The van der Waals surface area contributed by atoms with Crippen LogP contribution in [0.3, 0.4) is 0 Å². The fourth-order valence-corrected chi connectivity index (χ4v) is 3.02. The highest BCUT2D eigenvalue weighted by molar-refractivity contribution is 9.10. The van der Waals surface area contributed by atoms with Gasteiger partial charge in [0.15, 0.2) is 0 Å². The van der Waals surface area contributed by atoms with Crippen LogP contribution in [0.25, 0.3) is 11.0 Å². The average molecular weight is 386 g/mol. The minimum atomic E-state index is -1.01. The Morgan fingerprint density at radius 1 is 1.27 bits per heavy atom. The van der Waals surface area contributed by atoms with Crippen LogP contribution in [-0.4, -0.2) is 38.3 Å². The normalized spacial score (nSPS) is 11.4. The summed E-state index contributed by atoms with van der Waals surface area (Å²) >= 11 is 3.51. The molecule has 2 rings (SSSR count). The maximum Gasteiger partial charge on any atom is 0.124 e. The predicted octanol–water partition coefficient (Wildman–Crippen LogP) is 4.26. The Kier molecular flexibility index (Phi) is 7.75. The molecule has 0 aliphatic rings. The molecule has 0 spiro atoms. The van der Waals surface area contributed by atoms with Crippen LogP contribution in [0.1, 0.15) is 5.82 Å². The van der Waals surface area contributed by atoms with Gasteiger partial charge >= 0.3 is 0 Å². The van der Waals surface area contributed by atoms with E-state index in [2.05, 4.69) is 56.5 Å². The van der Waals surface area contributed by atoms with Crippen molar-refractivity contribution in [1.29, 1.82) is 0 Å². The SMILES string of the molecule is CNC.Cc1nc2ccc(Br)cc2n1COCC[Si](C)(C)C. The average Bonchev–Trinajstić information content (AvgIpc) is 2.70. The van der Waals surface area contributed by atoms with Crippen LogP contribution in [0.4, 0.5) is 0 Å². The molecule has 0 fully saturated rings. The van der Waals surface area contributed by atoms with E-state index in [1.54, 1.807) is 0 Å². The molecule has 1 N–H and O–H groups in total. The van der Waals surface area contributed by atoms with Gasteiger partial charge in [-0.2, -0.15) is 0 Å². The molecule has 2 aromatic rings. The smallest absolute Gasteiger partial charge is 0.124 e. The lowest BCUT2D eigenvalue weighted by Crippen LogP contribution is -2.22. The molecule has 0 unspecified atom stereocenters. The van der Waals surface area contributed by atoms with Crippen LogP contribution in [0.5, 0.6) is 0 Å². The topological polar surface area (TPSA) is 39.1 Å². The number of benzene rings is 1. The third-order valence-electron chi connectivity index (χ3n) is 3.12. The minimum absolute atomic E-state index is 0.587. The summed E-state index contributed by atoms with van der Waals surface area (Å²) in [6, 6.07) is 7.34. The summed E-state index contributed by atoms with van der Waals surface area (Å²) in [7, 11) is 2.74. The molecule has 0 radical (unpaired) electrons. The van der Waals surface area contributed by atoms with Gasteiger partial charge in [-0.25, -0.2) is 4.98 Å². The second-order valence-corrected chi connectivity index (χ2v) is 13.1. The Labute approximate surface area is 143 Å². The molecule has 6 heteroatoms. The first-order chi connectivity index (χ1) is 10.3. The van der Waals surface area contributed by atoms with E-state index in [1.165, 1.54) is 6.04 Å². The molecule has 4 nitrogen and oxygen atoms in total. The third kappa shape index (κ3) is 6.20. The summed E-state index contributed by atoms with van der Waals surface area (Å²) in [4.78, 5) is 4.55. The zero-order chi connectivity index (χ0) is 16.8. The number of hydrogen-bond acceptors (Lipinski definition) is 3. The molecule has 124 valence electrons. The standard InChI is InChI=1S/C14H21BrN2OSi.C2H7N/c1-11-16-13-6-5-12(15)9-14(13)17(11)10-18-7-8-19(2,3)4;1-3-2/h5-6,9H,7-8,10H2,1-4H3;3H,1-2H3. The lowest BCUT2D eigenvalue weighted by Gasteiger charge is -2.16. The fourth-order valence-electron chi connectivity index (χ4n) is 1.91. The number of halogens is 1. The largest absolute Gasteiger partial charge is 0.361 e. The third-order valence-corrected chi connectivity index (χ3v) is 5.32. The lowest BCUT2D eigenvalue weighted by molar-refractivity contribution is 0.0885. The van der Waals surface area contributed by atoms with Crippen molar-refractivity contribution in [2.24, 2.45) is 0 Å². The van der Waals surface area contributed by atoms with Gasteiger partial charge < -0.3 is 14.6 Å². The number of hydrogen-bond donors (Lipinski definition) is 1. The van der Waals surface area contributed by atoms with Gasteiger partial charge in [0.05, 0.1) is 11.0 Å². The molecule has 0 aliphatic heterocycles. The highest BCUT2D eigenvalue weighted by atomic mass is 79.9. The number of imidazole rings is 1. The molecule has 1 aromatic carbocycles. The van der Waals surface area contributed by atoms with Crippen molar-refractivity contribution in [3.05, 3.63) is 28.5 Å². The maximum absolute atomic E-state index is 5.83. The van der Waals surface area contributed by atoms with Crippen molar-refractivity contribution < 1.29 is 4.74 Å². The summed E-state index contributed by atoms with van der Waals surface area (Å²) in [6.45, 7) is 10.5. The van der Waals surface area contributed by atoms with Crippen LogP contribution >= 0.6 is 15.9 Å². The number of nitrogens with one attached hydrogen (secondary N) is 1. The number of aromatic nitrogens is 2. The Bertz CT molecular complexity index is 593. The lowest BCUT2D eigenvalue weighted by atomic mass is 10.3. The number of fused-ring (bicyclic) bond motifs is 1. The molecule has 0 amide bonds. The van der Waals surface area contributed by atoms with Crippen molar-refractivity contribution in [2.75, 3.05) is 20.7 Å². The van der Waals surface area contributed by atoms with Gasteiger partial charge in [0, 0.05) is 19.2 Å². The highest BCUT2D eigenvalue weighted by Gasteiger charge is 2.13. The number of nitrogens with zero attached hydrogens (tertiary/aromatic N) is 2. The van der Waals surface area contributed by atoms with Crippen LogP contribution in [0, 0.1) is 6.92 Å². The van der Waals surface area contributed by atoms with Crippen molar-refractivity contribution in [3.8, 4) is 0 Å². The van der Waals surface area contributed by atoms with E-state index in [-0.39, 0.29) is 0 Å². The summed E-state index contributed by atoms with van der Waals surface area (Å²) in [5.74, 6) is 1.00. The zero-order valence-electron chi connectivity index (χ0n) is 14.5. The van der Waals surface area contributed by atoms with Crippen LogP contribution in [-0.2, 0) is 11.5 Å². The Balaban J connectivity index is 0.000000745. The Hall–Kier alpha value is -0.693. The van der Waals surface area contributed by atoms with E-state index < -0.39 is 8.07 Å². The van der Waals surface area contributed by atoms with Crippen molar-refractivity contribution in [2.45, 2.75) is 39.3 Å². The second-order valence-electron chi connectivity index (χ2n) is 6.57. The van der Waals surface area contributed by atoms with Gasteiger partial charge in [-0.1, -0.05) is 35.6 Å². The Morgan fingerprint density at radius 2 is 1.91 bits per heavy atom. The van der Waals surface area contributed by atoms with Gasteiger partial charge in [0.1, 0.15) is 12.6 Å². The van der Waals surface area contributed by atoms with Gasteiger partial charge in [-0.3, -0.25) is 0 Å².